The molecule has 0 spiro atoms. The summed E-state index contributed by atoms with van der Waals surface area (Å²) in [6.07, 6.45) is 2.54. The minimum atomic E-state index is -0.395. The number of ether oxygens (including phenoxy) is 2. The van der Waals surface area contributed by atoms with Crippen molar-refractivity contribution in [3.8, 4) is 5.75 Å². The van der Waals surface area contributed by atoms with Crippen molar-refractivity contribution in [2.75, 3.05) is 33.4 Å². The number of hydrogen-bond acceptors (Lipinski definition) is 5. The van der Waals surface area contributed by atoms with Gasteiger partial charge in [-0.15, -0.1) is 0 Å². The molecule has 1 aromatic rings. The van der Waals surface area contributed by atoms with E-state index in [9.17, 15) is 14.4 Å². The third kappa shape index (κ3) is 11.1. The zero-order valence-electron chi connectivity index (χ0n) is 15.8. The lowest BCUT2D eigenvalue weighted by molar-refractivity contribution is -0.151. The van der Waals surface area contributed by atoms with Crippen LogP contribution < -0.4 is 10.1 Å². The number of nitrogens with one attached hydrogen (secondary N) is 1. The summed E-state index contributed by atoms with van der Waals surface area (Å²) in [5.74, 6) is -0.0665. The van der Waals surface area contributed by atoms with E-state index in [1.54, 1.807) is 31.3 Å². The SMILES string of the molecule is CC(=O)NCCCCCC(=O)OCC(=O)N(C)CCOc1ccc(Cl)cc1. The lowest BCUT2D eigenvalue weighted by Crippen LogP contribution is -2.34. The third-order valence-corrected chi connectivity index (χ3v) is 3.98. The van der Waals surface area contributed by atoms with Crippen molar-refractivity contribution in [1.29, 1.82) is 0 Å². The highest BCUT2D eigenvalue weighted by Crippen LogP contribution is 2.15. The zero-order chi connectivity index (χ0) is 20.1. The van der Waals surface area contributed by atoms with Crippen molar-refractivity contribution in [2.24, 2.45) is 0 Å². The minimum absolute atomic E-state index is 0.0596. The van der Waals surface area contributed by atoms with E-state index in [-0.39, 0.29) is 24.8 Å². The summed E-state index contributed by atoms with van der Waals surface area (Å²) < 4.78 is 10.5. The van der Waals surface area contributed by atoms with Crippen molar-refractivity contribution in [3.63, 3.8) is 0 Å². The first-order chi connectivity index (χ1) is 12.9. The Morgan fingerprint density at radius 1 is 1.11 bits per heavy atom. The molecule has 1 aromatic carbocycles. The zero-order valence-corrected chi connectivity index (χ0v) is 16.6. The first-order valence-electron chi connectivity index (χ1n) is 8.91. The second kappa shape index (κ2) is 13.0. The molecular weight excluding hydrogens is 372 g/mol. The fraction of sp³-hybridized carbons (Fsp3) is 0.526. The molecule has 0 bridgehead atoms. The van der Waals surface area contributed by atoms with Gasteiger partial charge in [0, 0.05) is 32.0 Å². The molecule has 1 rings (SSSR count). The van der Waals surface area contributed by atoms with Gasteiger partial charge in [0.2, 0.25) is 5.91 Å². The van der Waals surface area contributed by atoms with Crippen molar-refractivity contribution < 1.29 is 23.9 Å². The molecule has 0 aromatic heterocycles. The molecule has 2 amide bonds. The lowest BCUT2D eigenvalue weighted by Gasteiger charge is -2.17. The summed E-state index contributed by atoms with van der Waals surface area (Å²) in [5, 5.41) is 3.32. The molecule has 0 fully saturated rings. The third-order valence-electron chi connectivity index (χ3n) is 3.72. The second-order valence-corrected chi connectivity index (χ2v) is 6.51. The molecule has 0 heterocycles. The topological polar surface area (TPSA) is 84.9 Å². The van der Waals surface area contributed by atoms with E-state index in [2.05, 4.69) is 5.32 Å². The molecule has 8 heteroatoms. The lowest BCUT2D eigenvalue weighted by atomic mass is 10.2. The largest absolute Gasteiger partial charge is 0.492 e. The molecule has 0 radical (unpaired) electrons. The van der Waals surface area contributed by atoms with Crippen LogP contribution in [0.4, 0.5) is 0 Å². The number of hydrogen-bond donors (Lipinski definition) is 1. The van der Waals surface area contributed by atoms with E-state index in [0.29, 0.717) is 36.9 Å². The van der Waals surface area contributed by atoms with Gasteiger partial charge >= 0.3 is 5.97 Å². The molecule has 0 saturated carbocycles. The maximum absolute atomic E-state index is 11.9. The summed E-state index contributed by atoms with van der Waals surface area (Å²) in [5.41, 5.74) is 0. The minimum Gasteiger partial charge on any atom is -0.492 e. The molecule has 0 atom stereocenters. The molecule has 0 aliphatic carbocycles. The Labute approximate surface area is 165 Å². The van der Waals surface area contributed by atoms with Gasteiger partial charge in [-0.2, -0.15) is 0 Å². The smallest absolute Gasteiger partial charge is 0.306 e. The molecule has 7 nitrogen and oxygen atoms in total. The van der Waals surface area contributed by atoms with Gasteiger partial charge in [0.15, 0.2) is 6.61 Å². The number of nitrogens with zero attached hydrogens (tertiary/aromatic N) is 1. The molecule has 0 aliphatic rings. The van der Waals surface area contributed by atoms with Crippen LogP contribution in [-0.4, -0.2) is 56.0 Å². The van der Waals surface area contributed by atoms with Gasteiger partial charge < -0.3 is 19.7 Å². The first-order valence-corrected chi connectivity index (χ1v) is 9.28. The van der Waals surface area contributed by atoms with Gasteiger partial charge in [-0.05, 0) is 37.1 Å². The van der Waals surface area contributed by atoms with Crippen LogP contribution >= 0.6 is 11.6 Å². The van der Waals surface area contributed by atoms with Crippen molar-refractivity contribution in [1.82, 2.24) is 10.2 Å². The Kier molecular flexibility index (Phi) is 10.9. The van der Waals surface area contributed by atoms with Gasteiger partial charge in [0.05, 0.1) is 6.54 Å². The van der Waals surface area contributed by atoms with E-state index in [4.69, 9.17) is 21.1 Å². The van der Waals surface area contributed by atoms with E-state index >= 15 is 0 Å². The van der Waals surface area contributed by atoms with Crippen LogP contribution in [0.25, 0.3) is 0 Å². The van der Waals surface area contributed by atoms with E-state index in [1.165, 1.54) is 11.8 Å². The Hall–Kier alpha value is -2.28. The Bertz CT molecular complexity index is 607. The van der Waals surface area contributed by atoms with E-state index in [1.807, 2.05) is 0 Å². The number of carbonyl (C=O) groups is 3. The summed E-state index contributed by atoms with van der Waals surface area (Å²) in [6.45, 7) is 2.50. The fourth-order valence-electron chi connectivity index (χ4n) is 2.12. The maximum atomic E-state index is 11.9. The average Bonchev–Trinajstić information content (AvgIpc) is 2.63. The molecule has 27 heavy (non-hydrogen) atoms. The van der Waals surface area contributed by atoms with E-state index < -0.39 is 5.97 Å². The normalized spacial score (nSPS) is 10.2. The first kappa shape index (κ1) is 22.8. The number of halogens is 1. The fourth-order valence-corrected chi connectivity index (χ4v) is 2.24. The highest BCUT2D eigenvalue weighted by molar-refractivity contribution is 6.30. The predicted octanol–water partition coefficient (Wildman–Crippen LogP) is 2.42. The predicted molar refractivity (Wildman–Crippen MR) is 103 cm³/mol. The highest BCUT2D eigenvalue weighted by atomic mass is 35.5. The second-order valence-electron chi connectivity index (χ2n) is 6.07. The van der Waals surface area contributed by atoms with Gasteiger partial charge in [-0.25, -0.2) is 0 Å². The number of amides is 2. The van der Waals surface area contributed by atoms with Gasteiger partial charge in [-0.1, -0.05) is 18.0 Å². The molecule has 0 unspecified atom stereocenters. The highest BCUT2D eigenvalue weighted by Gasteiger charge is 2.12. The quantitative estimate of drug-likeness (QED) is 0.431. The van der Waals surface area contributed by atoms with Crippen LogP contribution in [-0.2, 0) is 19.1 Å². The van der Waals surface area contributed by atoms with Gasteiger partial charge in [-0.3, -0.25) is 14.4 Å². The van der Waals surface area contributed by atoms with Crippen LogP contribution in [0.1, 0.15) is 32.6 Å². The number of carbonyl (C=O) groups excluding carboxylic acids is 3. The summed E-state index contributed by atoms with van der Waals surface area (Å²) >= 11 is 5.80. The van der Waals surface area contributed by atoms with Crippen molar-refractivity contribution in [2.45, 2.75) is 32.6 Å². The Balaban J connectivity index is 2.09. The molecule has 0 aliphatic heterocycles. The number of benzene rings is 1. The van der Waals surface area contributed by atoms with Gasteiger partial charge in [0.1, 0.15) is 12.4 Å². The average molecular weight is 399 g/mol. The summed E-state index contributed by atoms with van der Waals surface area (Å²) in [7, 11) is 1.63. The number of likely N-dealkylation sites (N-methyl/N-ethyl adjacent to an activating group) is 1. The molecule has 1 N–H and O–H groups in total. The van der Waals surface area contributed by atoms with Crippen LogP contribution in [0, 0.1) is 0 Å². The number of unbranched alkanes of at least 4 members (excludes halogenated alkanes) is 2. The van der Waals surface area contributed by atoms with Crippen LogP contribution in [0.15, 0.2) is 24.3 Å². The standard InChI is InChI=1S/C19H27ClN2O5/c1-15(23)21-11-5-3-4-6-19(25)27-14-18(24)22(2)12-13-26-17-9-7-16(20)8-10-17/h7-10H,3-6,11-14H2,1-2H3,(H,21,23). The molecular formula is C19H27ClN2O5. The molecule has 150 valence electrons. The van der Waals surface area contributed by atoms with Crippen LogP contribution in [0.3, 0.4) is 0 Å². The molecule has 0 saturated heterocycles. The van der Waals surface area contributed by atoms with Crippen LogP contribution in [0.2, 0.25) is 5.02 Å². The number of esters is 1. The number of rotatable bonds is 12. The van der Waals surface area contributed by atoms with Crippen LogP contribution in [0.5, 0.6) is 5.75 Å². The Morgan fingerprint density at radius 2 is 1.81 bits per heavy atom. The maximum Gasteiger partial charge on any atom is 0.306 e. The van der Waals surface area contributed by atoms with E-state index in [0.717, 1.165) is 12.8 Å². The monoisotopic (exact) mass is 398 g/mol. The summed E-state index contributed by atoms with van der Waals surface area (Å²) in [4.78, 5) is 35.7. The van der Waals surface area contributed by atoms with Gasteiger partial charge in [0.25, 0.3) is 5.91 Å². The Morgan fingerprint density at radius 3 is 2.48 bits per heavy atom. The summed E-state index contributed by atoms with van der Waals surface area (Å²) in [6, 6.07) is 6.96. The van der Waals surface area contributed by atoms with Crippen molar-refractivity contribution in [3.05, 3.63) is 29.3 Å². The van der Waals surface area contributed by atoms with Crippen molar-refractivity contribution >= 4 is 29.4 Å².